The Morgan fingerprint density at radius 1 is 1.26 bits per heavy atom. The van der Waals surface area contributed by atoms with Crippen LogP contribution in [-0.4, -0.2) is 22.6 Å². The van der Waals surface area contributed by atoms with E-state index < -0.39 is 5.97 Å². The van der Waals surface area contributed by atoms with E-state index in [9.17, 15) is 9.90 Å². The second kappa shape index (κ2) is 6.00. The second-order valence-corrected chi connectivity index (χ2v) is 4.32. The van der Waals surface area contributed by atoms with Crippen LogP contribution in [0.3, 0.4) is 0 Å². The average Bonchev–Trinajstić information content (AvgIpc) is 2.39. The van der Waals surface area contributed by atoms with Crippen molar-refractivity contribution in [1.82, 2.24) is 4.98 Å². The molecule has 1 aromatic heterocycles. The van der Waals surface area contributed by atoms with E-state index in [1.165, 1.54) is 5.56 Å². The van der Waals surface area contributed by atoms with Gasteiger partial charge in [-0.1, -0.05) is 30.3 Å². The van der Waals surface area contributed by atoms with Gasteiger partial charge in [-0.25, -0.2) is 9.78 Å². The van der Waals surface area contributed by atoms with E-state index in [0.717, 1.165) is 6.42 Å². The Bertz CT molecular complexity index is 568. The largest absolute Gasteiger partial charge is 0.478 e. The molecule has 0 spiro atoms. The minimum Gasteiger partial charge on any atom is -0.478 e. The van der Waals surface area contributed by atoms with Gasteiger partial charge in [0.25, 0.3) is 0 Å². The van der Waals surface area contributed by atoms with Gasteiger partial charge in [0.1, 0.15) is 11.4 Å². The normalized spacial score (nSPS) is 10.2. The van der Waals surface area contributed by atoms with Crippen LogP contribution in [0.2, 0.25) is 0 Å². The van der Waals surface area contributed by atoms with E-state index in [4.69, 9.17) is 0 Å². The van der Waals surface area contributed by atoms with Crippen LogP contribution >= 0.6 is 0 Å². The summed E-state index contributed by atoms with van der Waals surface area (Å²) in [5, 5.41) is 12.3. The average molecular weight is 256 g/mol. The lowest BCUT2D eigenvalue weighted by Gasteiger charge is -2.10. The number of aryl methyl sites for hydroxylation is 1. The molecular formula is C15H16N2O2. The van der Waals surface area contributed by atoms with Gasteiger partial charge < -0.3 is 10.4 Å². The number of aromatic nitrogens is 1. The highest BCUT2D eigenvalue weighted by atomic mass is 16.4. The summed E-state index contributed by atoms with van der Waals surface area (Å²) in [5.41, 5.74) is 2.17. The number of carbonyl (C=O) groups is 1. The Kier molecular flexibility index (Phi) is 4.13. The van der Waals surface area contributed by atoms with Crippen molar-refractivity contribution >= 4 is 11.8 Å². The van der Waals surface area contributed by atoms with Gasteiger partial charge >= 0.3 is 5.97 Å². The van der Waals surface area contributed by atoms with Crippen molar-refractivity contribution in [3.05, 3.63) is 59.3 Å². The van der Waals surface area contributed by atoms with Crippen LogP contribution in [0.5, 0.6) is 0 Å². The lowest BCUT2D eigenvalue weighted by atomic mass is 10.1. The molecule has 2 N–H and O–H groups in total. The summed E-state index contributed by atoms with van der Waals surface area (Å²) in [5.74, 6) is -0.517. The molecule has 0 saturated carbocycles. The molecule has 0 aliphatic rings. The van der Waals surface area contributed by atoms with E-state index in [1.54, 1.807) is 19.2 Å². The number of hydrogen-bond acceptors (Lipinski definition) is 3. The molecule has 1 aromatic carbocycles. The molecule has 0 atom stereocenters. The van der Waals surface area contributed by atoms with Crippen molar-refractivity contribution in [2.24, 2.45) is 0 Å². The fraction of sp³-hybridized carbons (Fsp3) is 0.200. The van der Waals surface area contributed by atoms with Crippen molar-refractivity contribution < 1.29 is 9.90 Å². The number of pyridine rings is 1. The zero-order valence-corrected chi connectivity index (χ0v) is 10.8. The number of hydrogen-bond donors (Lipinski definition) is 2. The van der Waals surface area contributed by atoms with Gasteiger partial charge in [-0.15, -0.1) is 0 Å². The number of nitrogens with zero attached hydrogens (tertiary/aromatic N) is 1. The maximum absolute atomic E-state index is 11.2. The smallest absolute Gasteiger partial charge is 0.339 e. The molecular weight excluding hydrogens is 240 g/mol. The summed E-state index contributed by atoms with van der Waals surface area (Å²) in [6, 6.07) is 11.7. The van der Waals surface area contributed by atoms with Crippen LogP contribution < -0.4 is 5.32 Å². The quantitative estimate of drug-likeness (QED) is 0.863. The number of carboxylic acid groups (broad SMARTS) is 1. The predicted octanol–water partition coefficient (Wildman–Crippen LogP) is 2.74. The van der Waals surface area contributed by atoms with E-state index in [-0.39, 0.29) is 5.56 Å². The third-order valence-electron chi connectivity index (χ3n) is 2.92. The first-order valence-electron chi connectivity index (χ1n) is 6.15. The highest BCUT2D eigenvalue weighted by Gasteiger charge is 2.13. The Balaban J connectivity index is 2.04. The summed E-state index contributed by atoms with van der Waals surface area (Å²) in [6.07, 6.45) is 2.45. The Morgan fingerprint density at radius 2 is 2.00 bits per heavy atom. The standard InChI is InChI=1S/C15H16N2O2/c1-11-7-9-16-14(13(11)15(18)19)17-10-8-12-5-3-2-4-6-12/h2-7,9H,8,10H2,1H3,(H,16,17)(H,18,19). The second-order valence-electron chi connectivity index (χ2n) is 4.32. The zero-order chi connectivity index (χ0) is 13.7. The first kappa shape index (κ1) is 13.1. The molecule has 0 bridgehead atoms. The van der Waals surface area contributed by atoms with Gasteiger partial charge in [-0.05, 0) is 30.5 Å². The molecule has 2 rings (SSSR count). The van der Waals surface area contributed by atoms with Gasteiger partial charge in [-0.2, -0.15) is 0 Å². The maximum atomic E-state index is 11.2. The first-order chi connectivity index (χ1) is 9.18. The number of aromatic carboxylic acids is 1. The third-order valence-corrected chi connectivity index (χ3v) is 2.92. The summed E-state index contributed by atoms with van der Waals surface area (Å²) in [7, 11) is 0. The van der Waals surface area contributed by atoms with Crippen molar-refractivity contribution in [1.29, 1.82) is 0 Å². The van der Waals surface area contributed by atoms with E-state index in [0.29, 0.717) is 17.9 Å². The van der Waals surface area contributed by atoms with Crippen LogP contribution in [0.1, 0.15) is 21.5 Å². The minimum absolute atomic E-state index is 0.246. The highest BCUT2D eigenvalue weighted by Crippen LogP contribution is 2.16. The van der Waals surface area contributed by atoms with E-state index in [2.05, 4.69) is 10.3 Å². The molecule has 2 aromatic rings. The van der Waals surface area contributed by atoms with Crippen LogP contribution in [-0.2, 0) is 6.42 Å². The molecule has 4 nitrogen and oxygen atoms in total. The Hall–Kier alpha value is -2.36. The van der Waals surface area contributed by atoms with Crippen LogP contribution in [0.15, 0.2) is 42.6 Å². The van der Waals surface area contributed by atoms with Crippen molar-refractivity contribution in [2.75, 3.05) is 11.9 Å². The van der Waals surface area contributed by atoms with Crippen LogP contribution in [0, 0.1) is 6.92 Å². The summed E-state index contributed by atoms with van der Waals surface area (Å²) in [4.78, 5) is 15.3. The number of carboxylic acids is 1. The summed E-state index contributed by atoms with van der Waals surface area (Å²) >= 11 is 0. The highest BCUT2D eigenvalue weighted by molar-refractivity contribution is 5.94. The molecule has 19 heavy (non-hydrogen) atoms. The fourth-order valence-corrected chi connectivity index (χ4v) is 1.93. The number of benzene rings is 1. The van der Waals surface area contributed by atoms with Crippen LogP contribution in [0.4, 0.5) is 5.82 Å². The molecule has 0 saturated heterocycles. The Morgan fingerprint density at radius 3 is 2.68 bits per heavy atom. The van der Waals surface area contributed by atoms with Gasteiger partial charge in [0.2, 0.25) is 0 Å². The lowest BCUT2D eigenvalue weighted by Crippen LogP contribution is -2.12. The van der Waals surface area contributed by atoms with E-state index in [1.807, 2.05) is 30.3 Å². The predicted molar refractivity (Wildman–Crippen MR) is 74.6 cm³/mol. The topological polar surface area (TPSA) is 62.2 Å². The maximum Gasteiger partial charge on any atom is 0.339 e. The van der Waals surface area contributed by atoms with Gasteiger partial charge in [0, 0.05) is 12.7 Å². The molecule has 0 unspecified atom stereocenters. The molecule has 0 aliphatic heterocycles. The summed E-state index contributed by atoms with van der Waals surface area (Å²) < 4.78 is 0. The number of anilines is 1. The number of rotatable bonds is 5. The van der Waals surface area contributed by atoms with Gasteiger partial charge in [0.05, 0.1) is 0 Å². The zero-order valence-electron chi connectivity index (χ0n) is 10.8. The molecule has 4 heteroatoms. The minimum atomic E-state index is -0.951. The number of nitrogens with one attached hydrogen (secondary N) is 1. The molecule has 1 heterocycles. The van der Waals surface area contributed by atoms with Crippen molar-refractivity contribution in [3.8, 4) is 0 Å². The fourth-order valence-electron chi connectivity index (χ4n) is 1.93. The molecule has 0 aliphatic carbocycles. The molecule has 0 amide bonds. The molecule has 0 fully saturated rings. The SMILES string of the molecule is Cc1ccnc(NCCc2ccccc2)c1C(=O)O. The van der Waals surface area contributed by atoms with Gasteiger partial charge in [0.15, 0.2) is 0 Å². The lowest BCUT2D eigenvalue weighted by molar-refractivity contribution is 0.0697. The summed E-state index contributed by atoms with van der Waals surface area (Å²) in [6.45, 7) is 2.42. The van der Waals surface area contributed by atoms with Gasteiger partial charge in [-0.3, -0.25) is 0 Å². The van der Waals surface area contributed by atoms with Crippen molar-refractivity contribution in [3.63, 3.8) is 0 Å². The third kappa shape index (κ3) is 3.31. The first-order valence-corrected chi connectivity index (χ1v) is 6.15. The molecule has 98 valence electrons. The van der Waals surface area contributed by atoms with Crippen LogP contribution in [0.25, 0.3) is 0 Å². The van der Waals surface area contributed by atoms with Crippen molar-refractivity contribution in [2.45, 2.75) is 13.3 Å². The molecule has 0 radical (unpaired) electrons. The monoisotopic (exact) mass is 256 g/mol. The Labute approximate surface area is 112 Å². The van der Waals surface area contributed by atoms with E-state index >= 15 is 0 Å².